The van der Waals surface area contributed by atoms with Crippen molar-refractivity contribution in [2.75, 3.05) is 0 Å². The predicted octanol–water partition coefficient (Wildman–Crippen LogP) is 3.10. The first kappa shape index (κ1) is 12.6. The number of rotatable bonds is 3. The second-order valence-corrected chi connectivity index (χ2v) is 5.42. The summed E-state index contributed by atoms with van der Waals surface area (Å²) in [7, 11) is 1.99. The Morgan fingerprint density at radius 3 is 2.47 bits per heavy atom. The van der Waals surface area contributed by atoms with Crippen molar-refractivity contribution in [2.24, 2.45) is 7.05 Å². The molecule has 1 unspecified atom stereocenters. The molecule has 0 aliphatic heterocycles. The summed E-state index contributed by atoms with van der Waals surface area (Å²) in [5.74, 6) is 0. The minimum absolute atomic E-state index is 0.423. The van der Waals surface area contributed by atoms with E-state index in [2.05, 4.69) is 30.5 Å². The van der Waals surface area contributed by atoms with Crippen molar-refractivity contribution in [3.8, 4) is 0 Å². The van der Waals surface area contributed by atoms with Crippen LogP contribution in [0.25, 0.3) is 0 Å². The molecule has 0 amide bonds. The summed E-state index contributed by atoms with van der Waals surface area (Å²) in [4.78, 5) is 0. The zero-order valence-electron chi connectivity index (χ0n) is 11.4. The van der Waals surface area contributed by atoms with E-state index in [0.29, 0.717) is 12.1 Å². The maximum Gasteiger partial charge on any atom is 0.0641 e. The van der Waals surface area contributed by atoms with Crippen LogP contribution in [0.15, 0.2) is 6.20 Å². The lowest BCUT2D eigenvalue weighted by Gasteiger charge is -2.21. The van der Waals surface area contributed by atoms with Crippen molar-refractivity contribution in [2.45, 2.75) is 64.5 Å². The maximum absolute atomic E-state index is 4.42. The van der Waals surface area contributed by atoms with Crippen molar-refractivity contribution in [1.82, 2.24) is 15.1 Å². The van der Waals surface area contributed by atoms with Gasteiger partial charge in [0.2, 0.25) is 0 Å². The Labute approximate surface area is 105 Å². The molecule has 0 aromatic carbocycles. The molecular formula is C14H25N3. The summed E-state index contributed by atoms with van der Waals surface area (Å²) in [6, 6.07) is 1.12. The van der Waals surface area contributed by atoms with Gasteiger partial charge in [0.15, 0.2) is 0 Å². The molecule has 1 N–H and O–H groups in total. The predicted molar refractivity (Wildman–Crippen MR) is 71.0 cm³/mol. The highest BCUT2D eigenvalue weighted by molar-refractivity contribution is 5.19. The molecule has 1 atom stereocenters. The van der Waals surface area contributed by atoms with Crippen molar-refractivity contribution in [1.29, 1.82) is 0 Å². The lowest BCUT2D eigenvalue weighted by molar-refractivity contribution is 0.413. The summed E-state index contributed by atoms with van der Waals surface area (Å²) < 4.78 is 1.91. The van der Waals surface area contributed by atoms with Gasteiger partial charge in [0.05, 0.1) is 5.69 Å². The summed E-state index contributed by atoms with van der Waals surface area (Å²) in [5, 5.41) is 8.20. The first-order valence-electron chi connectivity index (χ1n) is 6.93. The van der Waals surface area contributed by atoms with Gasteiger partial charge in [-0.2, -0.15) is 5.10 Å². The first-order valence-corrected chi connectivity index (χ1v) is 6.93. The van der Waals surface area contributed by atoms with Gasteiger partial charge in [0, 0.05) is 30.9 Å². The summed E-state index contributed by atoms with van der Waals surface area (Å²) in [5.41, 5.74) is 2.50. The molecule has 1 aromatic rings. The fraction of sp³-hybridized carbons (Fsp3) is 0.786. The van der Waals surface area contributed by atoms with Crippen molar-refractivity contribution in [3.05, 3.63) is 17.5 Å². The summed E-state index contributed by atoms with van der Waals surface area (Å²) in [6.07, 6.45) is 10.4. The van der Waals surface area contributed by atoms with Crippen LogP contribution in [0.3, 0.4) is 0 Å². The second-order valence-electron chi connectivity index (χ2n) is 5.42. The zero-order chi connectivity index (χ0) is 12.3. The molecular weight excluding hydrogens is 210 g/mol. The number of hydrogen-bond acceptors (Lipinski definition) is 2. The van der Waals surface area contributed by atoms with Gasteiger partial charge < -0.3 is 5.32 Å². The third-order valence-electron chi connectivity index (χ3n) is 3.86. The van der Waals surface area contributed by atoms with Gasteiger partial charge in [-0.1, -0.05) is 25.7 Å². The average Bonchev–Trinajstić information content (AvgIpc) is 2.51. The zero-order valence-corrected chi connectivity index (χ0v) is 11.4. The van der Waals surface area contributed by atoms with Gasteiger partial charge in [0.25, 0.3) is 0 Å². The molecule has 96 valence electrons. The fourth-order valence-corrected chi connectivity index (χ4v) is 2.93. The molecule has 3 heteroatoms. The van der Waals surface area contributed by atoms with Gasteiger partial charge in [-0.3, -0.25) is 4.68 Å². The topological polar surface area (TPSA) is 29.9 Å². The van der Waals surface area contributed by atoms with E-state index >= 15 is 0 Å². The molecule has 0 radical (unpaired) electrons. The second kappa shape index (κ2) is 5.67. The van der Waals surface area contributed by atoms with Gasteiger partial charge in [-0.15, -0.1) is 0 Å². The van der Waals surface area contributed by atoms with E-state index < -0.39 is 0 Å². The van der Waals surface area contributed by atoms with Crippen LogP contribution >= 0.6 is 0 Å². The Bertz CT molecular complexity index is 348. The number of hydrogen-bond donors (Lipinski definition) is 1. The number of nitrogens with zero attached hydrogens (tertiary/aromatic N) is 2. The van der Waals surface area contributed by atoms with E-state index in [1.807, 2.05) is 11.7 Å². The monoisotopic (exact) mass is 235 g/mol. The van der Waals surface area contributed by atoms with Crippen LogP contribution in [0.5, 0.6) is 0 Å². The van der Waals surface area contributed by atoms with E-state index in [-0.39, 0.29) is 0 Å². The highest BCUT2D eigenvalue weighted by atomic mass is 15.3. The molecule has 1 aliphatic rings. The lowest BCUT2D eigenvalue weighted by Crippen LogP contribution is -2.31. The third kappa shape index (κ3) is 3.32. The van der Waals surface area contributed by atoms with E-state index in [9.17, 15) is 0 Å². The van der Waals surface area contributed by atoms with Gasteiger partial charge in [-0.25, -0.2) is 0 Å². The van der Waals surface area contributed by atoms with Gasteiger partial charge in [-0.05, 0) is 26.7 Å². The molecule has 0 saturated heterocycles. The van der Waals surface area contributed by atoms with Crippen LogP contribution in [0.2, 0.25) is 0 Å². The van der Waals surface area contributed by atoms with E-state index in [1.165, 1.54) is 44.1 Å². The standard InChI is InChI=1S/C14H25N3/c1-11(14-10-17(3)16-12(14)2)15-13-8-6-4-5-7-9-13/h10-11,13,15H,4-9H2,1-3H3. The Morgan fingerprint density at radius 2 is 1.94 bits per heavy atom. The fourth-order valence-electron chi connectivity index (χ4n) is 2.93. The number of aromatic nitrogens is 2. The molecule has 0 spiro atoms. The van der Waals surface area contributed by atoms with Crippen LogP contribution in [-0.2, 0) is 7.05 Å². The first-order chi connectivity index (χ1) is 8.16. The molecule has 1 fully saturated rings. The minimum atomic E-state index is 0.423. The summed E-state index contributed by atoms with van der Waals surface area (Å²) >= 11 is 0. The van der Waals surface area contributed by atoms with Crippen molar-refractivity contribution in [3.63, 3.8) is 0 Å². The molecule has 0 bridgehead atoms. The largest absolute Gasteiger partial charge is 0.307 e. The number of aryl methyl sites for hydroxylation is 2. The lowest BCUT2D eigenvalue weighted by atomic mass is 10.0. The number of nitrogens with one attached hydrogen (secondary N) is 1. The molecule has 1 saturated carbocycles. The maximum atomic E-state index is 4.42. The smallest absolute Gasteiger partial charge is 0.0641 e. The summed E-state index contributed by atoms with van der Waals surface area (Å²) in [6.45, 7) is 4.36. The molecule has 2 rings (SSSR count). The minimum Gasteiger partial charge on any atom is -0.307 e. The molecule has 3 nitrogen and oxygen atoms in total. The van der Waals surface area contributed by atoms with Gasteiger partial charge in [0.1, 0.15) is 0 Å². The van der Waals surface area contributed by atoms with Crippen LogP contribution in [0, 0.1) is 6.92 Å². The Morgan fingerprint density at radius 1 is 1.29 bits per heavy atom. The third-order valence-corrected chi connectivity index (χ3v) is 3.86. The highest BCUT2D eigenvalue weighted by Crippen LogP contribution is 2.22. The van der Waals surface area contributed by atoms with Crippen molar-refractivity contribution >= 4 is 0 Å². The van der Waals surface area contributed by atoms with E-state index in [1.54, 1.807) is 0 Å². The van der Waals surface area contributed by atoms with Crippen LogP contribution < -0.4 is 5.32 Å². The Hall–Kier alpha value is -0.830. The average molecular weight is 235 g/mol. The van der Waals surface area contributed by atoms with Crippen LogP contribution in [0.1, 0.15) is 62.7 Å². The van der Waals surface area contributed by atoms with Crippen LogP contribution in [-0.4, -0.2) is 15.8 Å². The SMILES string of the molecule is Cc1nn(C)cc1C(C)NC1CCCCCC1. The van der Waals surface area contributed by atoms with E-state index in [4.69, 9.17) is 0 Å². The molecule has 1 aromatic heterocycles. The Kier molecular flexibility index (Phi) is 4.21. The quantitative estimate of drug-likeness (QED) is 0.816. The highest BCUT2D eigenvalue weighted by Gasteiger charge is 2.17. The normalized spacial score (nSPS) is 20.2. The van der Waals surface area contributed by atoms with E-state index in [0.717, 1.165) is 5.69 Å². The Balaban J connectivity index is 1.95. The molecule has 1 heterocycles. The molecule has 17 heavy (non-hydrogen) atoms. The van der Waals surface area contributed by atoms with Crippen LogP contribution in [0.4, 0.5) is 0 Å². The van der Waals surface area contributed by atoms with Crippen molar-refractivity contribution < 1.29 is 0 Å². The van der Waals surface area contributed by atoms with Gasteiger partial charge >= 0.3 is 0 Å². The molecule has 1 aliphatic carbocycles.